The fourth-order valence-electron chi connectivity index (χ4n) is 4.58. The van der Waals surface area contributed by atoms with E-state index in [1.807, 2.05) is 12.1 Å². The van der Waals surface area contributed by atoms with Crippen LogP contribution < -0.4 is 10.1 Å². The van der Waals surface area contributed by atoms with Crippen molar-refractivity contribution >= 4 is 17.7 Å². The monoisotopic (exact) mass is 501 g/mol. The van der Waals surface area contributed by atoms with Gasteiger partial charge in [-0.3, -0.25) is 14.7 Å². The van der Waals surface area contributed by atoms with Gasteiger partial charge in [0.2, 0.25) is 5.90 Å². The number of ether oxygens (including phenoxy) is 2. The first-order chi connectivity index (χ1) is 18.0. The highest BCUT2D eigenvalue weighted by molar-refractivity contribution is 5.97. The third-order valence-electron chi connectivity index (χ3n) is 6.40. The Balaban J connectivity index is 1.35. The number of methoxy groups -OCH3 is 1. The maximum atomic E-state index is 13.6. The number of aliphatic imine (C=N–C) groups is 1. The molecule has 1 saturated heterocycles. The summed E-state index contributed by atoms with van der Waals surface area (Å²) in [6.45, 7) is 0.795. The van der Waals surface area contributed by atoms with Gasteiger partial charge in [0.25, 0.3) is 11.8 Å². The van der Waals surface area contributed by atoms with Gasteiger partial charge in [-0.1, -0.05) is 12.1 Å². The largest absolute Gasteiger partial charge is 0.496 e. The SMILES string of the molecule is COc1cc(C(=O)N2CC(O)C[C@@H]2c2cccc(C(=O)NCC3=NC=CCO3)c2)ccc1-c1cn[nH]c1. The van der Waals surface area contributed by atoms with E-state index in [1.165, 1.54) is 0 Å². The predicted octanol–water partition coefficient (Wildman–Crippen LogP) is 2.71. The van der Waals surface area contributed by atoms with Crippen LogP contribution in [0.15, 0.2) is 72.1 Å². The molecule has 10 nitrogen and oxygen atoms in total. The Hall–Kier alpha value is -4.44. The summed E-state index contributed by atoms with van der Waals surface area (Å²) in [7, 11) is 1.55. The highest BCUT2D eigenvalue weighted by Crippen LogP contribution is 2.36. The van der Waals surface area contributed by atoms with E-state index in [4.69, 9.17) is 9.47 Å². The molecular weight excluding hydrogens is 474 g/mol. The molecular formula is C27H27N5O5. The molecule has 37 heavy (non-hydrogen) atoms. The first-order valence-corrected chi connectivity index (χ1v) is 11.9. The van der Waals surface area contributed by atoms with Gasteiger partial charge >= 0.3 is 0 Å². The maximum Gasteiger partial charge on any atom is 0.254 e. The van der Waals surface area contributed by atoms with Crippen LogP contribution in [0.4, 0.5) is 0 Å². The topological polar surface area (TPSA) is 129 Å². The van der Waals surface area contributed by atoms with E-state index in [0.717, 1.165) is 16.7 Å². The normalized spacial score (nSPS) is 18.8. The summed E-state index contributed by atoms with van der Waals surface area (Å²) in [5.74, 6) is 0.480. The van der Waals surface area contributed by atoms with E-state index >= 15 is 0 Å². The van der Waals surface area contributed by atoms with Crippen molar-refractivity contribution in [3.05, 3.63) is 83.8 Å². The summed E-state index contributed by atoms with van der Waals surface area (Å²) in [6.07, 6.45) is 6.56. The zero-order chi connectivity index (χ0) is 25.8. The molecule has 0 saturated carbocycles. The Morgan fingerprint density at radius 2 is 2.14 bits per heavy atom. The Labute approximate surface area is 213 Å². The van der Waals surface area contributed by atoms with Crippen molar-refractivity contribution in [2.24, 2.45) is 4.99 Å². The van der Waals surface area contributed by atoms with Gasteiger partial charge in [-0.15, -0.1) is 0 Å². The lowest BCUT2D eigenvalue weighted by Gasteiger charge is -2.25. The first kappa shape index (κ1) is 24.3. The zero-order valence-electron chi connectivity index (χ0n) is 20.3. The van der Waals surface area contributed by atoms with Gasteiger partial charge in [-0.05, 0) is 48.4 Å². The van der Waals surface area contributed by atoms with Crippen LogP contribution in [-0.4, -0.2) is 70.8 Å². The van der Waals surface area contributed by atoms with Gasteiger partial charge in [0.1, 0.15) is 12.4 Å². The van der Waals surface area contributed by atoms with Crippen molar-refractivity contribution in [3.63, 3.8) is 0 Å². The zero-order valence-corrected chi connectivity index (χ0v) is 20.3. The third kappa shape index (κ3) is 5.24. The summed E-state index contributed by atoms with van der Waals surface area (Å²) in [6, 6.07) is 12.0. The minimum absolute atomic E-state index is 0.177. The fourth-order valence-corrected chi connectivity index (χ4v) is 4.58. The van der Waals surface area contributed by atoms with Gasteiger partial charge in [-0.2, -0.15) is 5.10 Å². The quantitative estimate of drug-likeness (QED) is 0.457. The van der Waals surface area contributed by atoms with Crippen molar-refractivity contribution in [2.45, 2.75) is 18.6 Å². The Morgan fingerprint density at radius 3 is 2.89 bits per heavy atom. The number of hydrogen-bond donors (Lipinski definition) is 3. The number of likely N-dealkylation sites (tertiary alicyclic amines) is 1. The number of rotatable bonds is 7. The molecule has 2 amide bonds. The lowest BCUT2D eigenvalue weighted by molar-refractivity contribution is 0.0715. The Kier molecular flexibility index (Phi) is 7.00. The second kappa shape index (κ2) is 10.7. The van der Waals surface area contributed by atoms with Crippen molar-refractivity contribution in [2.75, 3.05) is 26.8 Å². The van der Waals surface area contributed by atoms with Crippen LogP contribution in [0, 0.1) is 0 Å². The van der Waals surface area contributed by atoms with E-state index in [0.29, 0.717) is 35.8 Å². The van der Waals surface area contributed by atoms with Gasteiger partial charge in [0, 0.05) is 41.2 Å². The number of aromatic amines is 1. The molecule has 2 atom stereocenters. The number of H-pyrrole nitrogens is 1. The minimum atomic E-state index is -0.673. The second-order valence-electron chi connectivity index (χ2n) is 8.79. The van der Waals surface area contributed by atoms with E-state index in [1.54, 1.807) is 67.0 Å². The molecule has 5 rings (SSSR count). The first-order valence-electron chi connectivity index (χ1n) is 11.9. The molecule has 0 radical (unpaired) electrons. The van der Waals surface area contributed by atoms with Crippen LogP contribution in [0.5, 0.6) is 5.75 Å². The van der Waals surface area contributed by atoms with Crippen LogP contribution in [-0.2, 0) is 4.74 Å². The maximum absolute atomic E-state index is 13.6. The summed E-state index contributed by atoms with van der Waals surface area (Å²) in [5.41, 5.74) is 3.32. The number of aliphatic hydroxyl groups excluding tert-OH is 1. The van der Waals surface area contributed by atoms with E-state index in [2.05, 4.69) is 20.5 Å². The van der Waals surface area contributed by atoms with Gasteiger partial charge < -0.3 is 24.8 Å². The molecule has 1 fully saturated rings. The number of aromatic nitrogens is 2. The van der Waals surface area contributed by atoms with Crippen molar-refractivity contribution < 1.29 is 24.2 Å². The highest BCUT2D eigenvalue weighted by atomic mass is 16.5. The van der Waals surface area contributed by atoms with Crippen LogP contribution >= 0.6 is 0 Å². The van der Waals surface area contributed by atoms with Gasteiger partial charge in [-0.25, -0.2) is 4.99 Å². The van der Waals surface area contributed by atoms with Crippen molar-refractivity contribution in [1.82, 2.24) is 20.4 Å². The van der Waals surface area contributed by atoms with E-state index < -0.39 is 6.10 Å². The summed E-state index contributed by atoms with van der Waals surface area (Å²) >= 11 is 0. The van der Waals surface area contributed by atoms with Crippen molar-refractivity contribution in [3.8, 4) is 16.9 Å². The van der Waals surface area contributed by atoms with Crippen LogP contribution in [0.2, 0.25) is 0 Å². The third-order valence-corrected chi connectivity index (χ3v) is 6.40. The number of carbonyl (C=O) groups is 2. The lowest BCUT2D eigenvalue weighted by Crippen LogP contribution is -2.32. The summed E-state index contributed by atoms with van der Waals surface area (Å²) in [5, 5.41) is 20.0. The smallest absolute Gasteiger partial charge is 0.254 e. The highest BCUT2D eigenvalue weighted by Gasteiger charge is 2.36. The van der Waals surface area contributed by atoms with Gasteiger partial charge in [0.15, 0.2) is 0 Å². The molecule has 3 aromatic rings. The number of amides is 2. The molecule has 0 bridgehead atoms. The second-order valence-corrected chi connectivity index (χ2v) is 8.79. The molecule has 1 aromatic heterocycles. The minimum Gasteiger partial charge on any atom is -0.496 e. The molecule has 10 heteroatoms. The molecule has 1 unspecified atom stereocenters. The molecule has 3 N–H and O–H groups in total. The lowest BCUT2D eigenvalue weighted by atomic mass is 10.00. The number of hydrogen-bond acceptors (Lipinski definition) is 7. The molecule has 3 heterocycles. The average molecular weight is 502 g/mol. The molecule has 2 aliphatic rings. The number of benzene rings is 2. The molecule has 0 aliphatic carbocycles. The average Bonchev–Trinajstić information content (AvgIpc) is 3.62. The summed E-state index contributed by atoms with van der Waals surface area (Å²) < 4.78 is 10.9. The fraction of sp³-hybridized carbons (Fsp3) is 0.259. The van der Waals surface area contributed by atoms with Crippen LogP contribution in [0.3, 0.4) is 0 Å². The number of carbonyl (C=O) groups excluding carboxylic acids is 2. The number of nitrogens with one attached hydrogen (secondary N) is 2. The van der Waals surface area contributed by atoms with Crippen LogP contribution in [0.1, 0.15) is 38.7 Å². The number of aliphatic hydroxyl groups is 1. The van der Waals surface area contributed by atoms with Crippen LogP contribution in [0.25, 0.3) is 11.1 Å². The van der Waals surface area contributed by atoms with E-state index in [9.17, 15) is 14.7 Å². The molecule has 190 valence electrons. The standard InChI is InChI=1S/C27H27N5O5/c1-36-24-11-19(6-7-22(24)20-13-30-31-14-20)27(35)32-16-21(33)12-23(32)17-4-2-5-18(10-17)26(34)29-15-25-28-8-3-9-37-25/h2-8,10-11,13-14,21,23,33H,9,12,15-16H2,1H3,(H,29,34)(H,30,31)/t21?,23-/m1/s1. The summed E-state index contributed by atoms with van der Waals surface area (Å²) in [4.78, 5) is 32.1. The van der Waals surface area contributed by atoms with Crippen molar-refractivity contribution in [1.29, 1.82) is 0 Å². The predicted molar refractivity (Wildman–Crippen MR) is 136 cm³/mol. The molecule has 2 aliphatic heterocycles. The van der Waals surface area contributed by atoms with E-state index in [-0.39, 0.29) is 30.9 Å². The Morgan fingerprint density at radius 1 is 1.24 bits per heavy atom. The Bertz CT molecular complexity index is 1350. The number of β-amino-alcohol motifs (C(OH)–C–C–N with tert-alkyl or cyclic N) is 1. The van der Waals surface area contributed by atoms with Gasteiger partial charge in [0.05, 0.1) is 32.0 Å². The molecule has 2 aromatic carbocycles. The molecule has 0 spiro atoms. The number of nitrogens with zero attached hydrogens (tertiary/aromatic N) is 3.